The SMILES string of the molecule is CCCCCC/C=C\C=C/CCCCCCCC(=O)OC[C@H](COP(=O)(O)OC[C@@H](O)COP(=O)(O)OC[C@@H](COC(=O)CCCCCCCCCCCCCC)OC(=O)CCCCCCCCCCCCC(C)CC)OC(=O)CCCCCCCCCCCCCCCCCCC. The van der Waals surface area contributed by atoms with Crippen LogP contribution in [0.15, 0.2) is 24.3 Å². The molecule has 19 heteroatoms. The van der Waals surface area contributed by atoms with E-state index in [2.05, 4.69) is 58.9 Å². The molecule has 0 fully saturated rings. The zero-order valence-electron chi connectivity index (χ0n) is 63.4. The molecule has 0 aromatic heterocycles. The lowest BCUT2D eigenvalue weighted by Crippen LogP contribution is -2.30. The van der Waals surface area contributed by atoms with Gasteiger partial charge in [-0.15, -0.1) is 0 Å². The van der Waals surface area contributed by atoms with E-state index in [-0.39, 0.29) is 25.7 Å². The number of phosphoric acid groups is 2. The third kappa shape index (κ3) is 70.6. The topological polar surface area (TPSA) is 237 Å². The largest absolute Gasteiger partial charge is 0.472 e. The summed E-state index contributed by atoms with van der Waals surface area (Å²) in [6.07, 6.45) is 64.4. The highest BCUT2D eigenvalue weighted by molar-refractivity contribution is 7.47. The fraction of sp³-hybridized carbons (Fsp3) is 0.899. The number of rotatable bonds is 77. The van der Waals surface area contributed by atoms with Gasteiger partial charge < -0.3 is 33.8 Å². The summed E-state index contributed by atoms with van der Waals surface area (Å²) in [7, 11) is -9.93. The maximum Gasteiger partial charge on any atom is 0.472 e. The van der Waals surface area contributed by atoms with Crippen LogP contribution in [-0.2, 0) is 65.4 Å². The highest BCUT2D eigenvalue weighted by atomic mass is 31.2. The van der Waals surface area contributed by atoms with Gasteiger partial charge >= 0.3 is 39.5 Å². The average molecular weight is 1430 g/mol. The second kappa shape index (κ2) is 71.5. The summed E-state index contributed by atoms with van der Waals surface area (Å²) in [4.78, 5) is 73.0. The van der Waals surface area contributed by atoms with Crippen molar-refractivity contribution >= 4 is 39.5 Å². The van der Waals surface area contributed by atoms with Crippen molar-refractivity contribution in [3.05, 3.63) is 24.3 Å². The lowest BCUT2D eigenvalue weighted by molar-refractivity contribution is -0.161. The lowest BCUT2D eigenvalue weighted by Gasteiger charge is -2.21. The number of carbonyl (C=O) groups excluding carboxylic acids is 4. The molecule has 17 nitrogen and oxygen atoms in total. The van der Waals surface area contributed by atoms with E-state index >= 15 is 0 Å². The summed E-state index contributed by atoms with van der Waals surface area (Å²) in [5.41, 5.74) is 0. The summed E-state index contributed by atoms with van der Waals surface area (Å²) < 4.78 is 68.6. The average Bonchev–Trinajstić information content (AvgIpc) is 1.00. The van der Waals surface area contributed by atoms with Crippen molar-refractivity contribution in [3.8, 4) is 0 Å². The van der Waals surface area contributed by atoms with E-state index in [0.29, 0.717) is 25.7 Å². The van der Waals surface area contributed by atoms with E-state index in [4.69, 9.17) is 37.0 Å². The quantitative estimate of drug-likeness (QED) is 0.0169. The normalized spacial score (nSPS) is 14.3. The molecular formula is C79H150O17P2. The Balaban J connectivity index is 5.30. The number of phosphoric ester groups is 2. The van der Waals surface area contributed by atoms with Gasteiger partial charge in [-0.1, -0.05) is 341 Å². The molecule has 0 saturated heterocycles. The van der Waals surface area contributed by atoms with Crippen molar-refractivity contribution < 1.29 is 80.2 Å². The van der Waals surface area contributed by atoms with E-state index in [1.165, 1.54) is 199 Å². The molecule has 0 spiro atoms. The molecule has 0 radical (unpaired) electrons. The molecule has 3 unspecified atom stereocenters. The molecule has 6 atom stereocenters. The minimum atomic E-state index is -4.97. The van der Waals surface area contributed by atoms with E-state index in [0.717, 1.165) is 115 Å². The Hall–Kier alpha value is -2.46. The molecule has 0 heterocycles. The second-order valence-electron chi connectivity index (χ2n) is 28.0. The Morgan fingerprint density at radius 1 is 0.327 bits per heavy atom. The summed E-state index contributed by atoms with van der Waals surface area (Å²) in [6.45, 7) is 7.28. The third-order valence-corrected chi connectivity index (χ3v) is 20.2. The van der Waals surface area contributed by atoms with Gasteiger partial charge in [-0.25, -0.2) is 9.13 Å². The lowest BCUT2D eigenvalue weighted by atomic mass is 9.99. The van der Waals surface area contributed by atoms with Crippen LogP contribution in [0.2, 0.25) is 0 Å². The maximum atomic E-state index is 13.1. The molecule has 0 aromatic rings. The summed E-state index contributed by atoms with van der Waals surface area (Å²) in [6, 6.07) is 0. The van der Waals surface area contributed by atoms with Gasteiger partial charge in [0.15, 0.2) is 12.2 Å². The van der Waals surface area contributed by atoms with Gasteiger partial charge in [0.25, 0.3) is 0 Å². The molecule has 578 valence electrons. The van der Waals surface area contributed by atoms with Crippen LogP contribution >= 0.6 is 15.6 Å². The van der Waals surface area contributed by atoms with E-state index in [9.17, 15) is 43.2 Å². The Bertz CT molecular complexity index is 1970. The predicted molar refractivity (Wildman–Crippen MR) is 400 cm³/mol. The van der Waals surface area contributed by atoms with Crippen LogP contribution in [0.1, 0.15) is 394 Å². The van der Waals surface area contributed by atoms with E-state index in [1.807, 2.05) is 0 Å². The number of unbranched alkanes of at least 4 members (excludes halogenated alkanes) is 45. The molecule has 0 aliphatic heterocycles. The molecule has 0 aromatic carbocycles. The number of ether oxygens (including phenoxy) is 4. The maximum absolute atomic E-state index is 13.1. The first kappa shape index (κ1) is 95.5. The first-order chi connectivity index (χ1) is 47.6. The zero-order valence-corrected chi connectivity index (χ0v) is 65.2. The number of allylic oxidation sites excluding steroid dienone is 4. The summed E-state index contributed by atoms with van der Waals surface area (Å²) in [5, 5.41) is 10.6. The van der Waals surface area contributed by atoms with Crippen LogP contribution in [0.4, 0.5) is 0 Å². The number of aliphatic hydroxyl groups excluding tert-OH is 1. The molecule has 0 rings (SSSR count). The van der Waals surface area contributed by atoms with Crippen LogP contribution < -0.4 is 0 Å². The molecule has 98 heavy (non-hydrogen) atoms. The standard InChI is InChI=1S/C79H150O17P2/c1-6-10-13-16-19-22-25-28-30-31-33-35-38-44-49-54-59-64-78(83)95-74(68-90-77(82)63-58-53-48-43-37-34-32-29-26-23-20-17-14-11-7-2)70-93-97(85,86)91-66-73(80)67-92-98(87,88)94-71-75(69-89-76(81)62-57-52-47-42-36-27-24-21-18-15-12-8-3)96-79(84)65-60-55-50-45-40-39-41-46-51-56-61-72(5)9-4/h23,26,29,32,72-75,80H,6-22,24-25,27-28,30-31,33-71H2,1-5H3,(H,85,86)(H,87,88)/b26-23-,32-29-/t72?,73-,74-,75-/m1/s1. The van der Waals surface area contributed by atoms with Crippen LogP contribution in [-0.4, -0.2) is 96.7 Å². The third-order valence-electron chi connectivity index (χ3n) is 18.3. The van der Waals surface area contributed by atoms with Gasteiger partial charge in [0.2, 0.25) is 0 Å². The summed E-state index contributed by atoms with van der Waals surface area (Å²) in [5.74, 6) is -1.34. The fourth-order valence-corrected chi connectivity index (χ4v) is 13.2. The van der Waals surface area contributed by atoms with Crippen LogP contribution in [0.3, 0.4) is 0 Å². The Kier molecular flexibility index (Phi) is 69.7. The Morgan fingerprint density at radius 3 is 0.867 bits per heavy atom. The van der Waals surface area contributed by atoms with Gasteiger partial charge in [0, 0.05) is 25.7 Å². The number of hydrogen-bond acceptors (Lipinski definition) is 15. The number of carbonyl (C=O) groups is 4. The first-order valence-corrected chi connectivity index (χ1v) is 43.5. The molecule has 0 amide bonds. The van der Waals surface area contributed by atoms with Crippen molar-refractivity contribution in [1.82, 2.24) is 0 Å². The monoisotopic (exact) mass is 1430 g/mol. The molecule has 0 bridgehead atoms. The molecule has 3 N–H and O–H groups in total. The molecule has 0 aliphatic rings. The van der Waals surface area contributed by atoms with E-state index < -0.39 is 97.5 Å². The Labute approximate surface area is 599 Å². The minimum Gasteiger partial charge on any atom is -0.462 e. The van der Waals surface area contributed by atoms with Crippen molar-refractivity contribution in [2.75, 3.05) is 39.6 Å². The number of aliphatic hydroxyl groups is 1. The number of esters is 4. The second-order valence-corrected chi connectivity index (χ2v) is 30.9. The highest BCUT2D eigenvalue weighted by Crippen LogP contribution is 2.45. The van der Waals surface area contributed by atoms with Gasteiger partial charge in [-0.3, -0.25) is 37.3 Å². The van der Waals surface area contributed by atoms with Gasteiger partial charge in [0.1, 0.15) is 19.3 Å². The number of hydrogen-bond donors (Lipinski definition) is 3. The van der Waals surface area contributed by atoms with Crippen molar-refractivity contribution in [2.45, 2.75) is 412 Å². The predicted octanol–water partition coefficient (Wildman–Crippen LogP) is 23.2. The smallest absolute Gasteiger partial charge is 0.462 e. The Morgan fingerprint density at radius 2 is 0.571 bits per heavy atom. The van der Waals surface area contributed by atoms with E-state index in [1.54, 1.807) is 0 Å². The minimum absolute atomic E-state index is 0.102. The van der Waals surface area contributed by atoms with Crippen molar-refractivity contribution in [3.63, 3.8) is 0 Å². The zero-order chi connectivity index (χ0) is 71.9. The van der Waals surface area contributed by atoms with Crippen molar-refractivity contribution in [2.24, 2.45) is 5.92 Å². The van der Waals surface area contributed by atoms with Crippen LogP contribution in [0.25, 0.3) is 0 Å². The highest BCUT2D eigenvalue weighted by Gasteiger charge is 2.30. The summed E-state index contributed by atoms with van der Waals surface area (Å²) >= 11 is 0. The van der Waals surface area contributed by atoms with Crippen LogP contribution in [0, 0.1) is 5.92 Å². The van der Waals surface area contributed by atoms with Crippen molar-refractivity contribution in [1.29, 1.82) is 0 Å². The molecular weight excluding hydrogens is 1280 g/mol. The molecule has 0 aliphatic carbocycles. The first-order valence-electron chi connectivity index (χ1n) is 40.5. The van der Waals surface area contributed by atoms with Crippen LogP contribution in [0.5, 0.6) is 0 Å². The van der Waals surface area contributed by atoms with Gasteiger partial charge in [0.05, 0.1) is 26.4 Å². The molecule has 0 saturated carbocycles. The fourth-order valence-electron chi connectivity index (χ4n) is 11.7. The van der Waals surface area contributed by atoms with Gasteiger partial charge in [-0.05, 0) is 57.3 Å². The van der Waals surface area contributed by atoms with Gasteiger partial charge in [-0.2, -0.15) is 0 Å².